The standard InChI is InChI=1S/C13H11BrN2O3S/c1-7-6-20-11(13(18)19-2)10(7)16-12(17)8-4-3-5-9(14)15-8/h3-6H,1-2H3,(H,16,17). The first kappa shape index (κ1) is 14.7. The zero-order valence-electron chi connectivity index (χ0n) is 10.8. The Morgan fingerprint density at radius 1 is 1.40 bits per heavy atom. The van der Waals surface area contributed by atoms with E-state index in [9.17, 15) is 9.59 Å². The number of anilines is 1. The molecule has 2 aromatic heterocycles. The monoisotopic (exact) mass is 354 g/mol. The van der Waals surface area contributed by atoms with Gasteiger partial charge in [-0.05, 0) is 45.9 Å². The Kier molecular flexibility index (Phi) is 4.51. The zero-order chi connectivity index (χ0) is 14.7. The minimum atomic E-state index is -0.472. The van der Waals surface area contributed by atoms with Crippen LogP contribution < -0.4 is 5.32 Å². The third kappa shape index (κ3) is 3.05. The van der Waals surface area contributed by atoms with Crippen LogP contribution in [-0.2, 0) is 4.74 Å². The number of amides is 1. The van der Waals surface area contributed by atoms with Gasteiger partial charge in [0.2, 0.25) is 0 Å². The van der Waals surface area contributed by atoms with Gasteiger partial charge in [0.25, 0.3) is 5.91 Å². The smallest absolute Gasteiger partial charge is 0.350 e. The quantitative estimate of drug-likeness (QED) is 0.678. The highest BCUT2D eigenvalue weighted by Crippen LogP contribution is 2.28. The van der Waals surface area contributed by atoms with Crippen molar-refractivity contribution in [1.82, 2.24) is 4.98 Å². The lowest BCUT2D eigenvalue weighted by Crippen LogP contribution is -2.16. The van der Waals surface area contributed by atoms with Crippen LogP contribution in [0.5, 0.6) is 0 Å². The van der Waals surface area contributed by atoms with Crippen LogP contribution in [0.15, 0.2) is 28.2 Å². The molecule has 1 N–H and O–H groups in total. The van der Waals surface area contributed by atoms with E-state index in [2.05, 4.69) is 26.2 Å². The normalized spacial score (nSPS) is 10.2. The topological polar surface area (TPSA) is 68.3 Å². The maximum absolute atomic E-state index is 12.1. The summed E-state index contributed by atoms with van der Waals surface area (Å²) in [7, 11) is 1.30. The van der Waals surface area contributed by atoms with Crippen LogP contribution >= 0.6 is 27.3 Å². The molecule has 2 rings (SSSR count). The van der Waals surface area contributed by atoms with E-state index in [4.69, 9.17) is 4.74 Å². The number of nitrogens with one attached hydrogen (secondary N) is 1. The summed E-state index contributed by atoms with van der Waals surface area (Å²) < 4.78 is 5.26. The van der Waals surface area contributed by atoms with Crippen LogP contribution in [0.25, 0.3) is 0 Å². The molecule has 0 radical (unpaired) electrons. The lowest BCUT2D eigenvalue weighted by Gasteiger charge is -2.07. The van der Waals surface area contributed by atoms with E-state index in [1.165, 1.54) is 18.4 Å². The number of thiophene rings is 1. The van der Waals surface area contributed by atoms with Gasteiger partial charge in [-0.25, -0.2) is 9.78 Å². The number of methoxy groups -OCH3 is 1. The van der Waals surface area contributed by atoms with Crippen LogP contribution in [0.3, 0.4) is 0 Å². The number of nitrogens with zero attached hydrogens (tertiary/aromatic N) is 1. The maximum atomic E-state index is 12.1. The minimum Gasteiger partial charge on any atom is -0.465 e. The lowest BCUT2D eigenvalue weighted by atomic mass is 10.2. The first-order valence-electron chi connectivity index (χ1n) is 5.63. The highest BCUT2D eigenvalue weighted by Gasteiger charge is 2.19. The van der Waals surface area contributed by atoms with Gasteiger partial charge in [0.15, 0.2) is 0 Å². The van der Waals surface area contributed by atoms with Crippen LogP contribution in [-0.4, -0.2) is 24.0 Å². The predicted octanol–water partition coefficient (Wildman–Crippen LogP) is 3.25. The van der Waals surface area contributed by atoms with Crippen molar-refractivity contribution >= 4 is 44.8 Å². The second-order valence-corrected chi connectivity index (χ2v) is 5.61. The summed E-state index contributed by atoms with van der Waals surface area (Å²) in [6.07, 6.45) is 0. The molecular formula is C13H11BrN2O3S. The average molecular weight is 355 g/mol. The van der Waals surface area contributed by atoms with Gasteiger partial charge in [0.1, 0.15) is 15.2 Å². The van der Waals surface area contributed by atoms with E-state index in [-0.39, 0.29) is 11.6 Å². The number of rotatable bonds is 3. The number of aryl methyl sites for hydroxylation is 1. The van der Waals surface area contributed by atoms with E-state index in [1.807, 2.05) is 6.92 Å². The van der Waals surface area contributed by atoms with Gasteiger partial charge in [-0.2, -0.15) is 0 Å². The lowest BCUT2D eigenvalue weighted by molar-refractivity contribution is 0.0607. The number of hydrogen-bond acceptors (Lipinski definition) is 5. The Labute approximate surface area is 128 Å². The summed E-state index contributed by atoms with van der Waals surface area (Å²) in [5.41, 5.74) is 1.54. The van der Waals surface area contributed by atoms with E-state index in [0.29, 0.717) is 15.2 Å². The van der Waals surface area contributed by atoms with Gasteiger partial charge in [0, 0.05) is 0 Å². The number of esters is 1. The fourth-order valence-electron chi connectivity index (χ4n) is 1.55. The first-order chi connectivity index (χ1) is 9.52. The molecule has 5 nitrogen and oxygen atoms in total. The third-order valence-electron chi connectivity index (χ3n) is 2.53. The number of pyridine rings is 1. The van der Waals surface area contributed by atoms with Crippen LogP contribution in [0.1, 0.15) is 25.7 Å². The Hall–Kier alpha value is -1.73. The molecule has 0 aromatic carbocycles. The van der Waals surface area contributed by atoms with Crippen molar-refractivity contribution in [2.45, 2.75) is 6.92 Å². The summed E-state index contributed by atoms with van der Waals surface area (Å²) in [5, 5.41) is 4.49. The number of halogens is 1. The predicted molar refractivity (Wildman–Crippen MR) is 80.3 cm³/mol. The summed E-state index contributed by atoms with van der Waals surface area (Å²) in [6.45, 7) is 1.81. The molecule has 0 aliphatic rings. The van der Waals surface area contributed by atoms with E-state index >= 15 is 0 Å². The van der Waals surface area contributed by atoms with Crippen LogP contribution in [0.4, 0.5) is 5.69 Å². The molecule has 0 bridgehead atoms. The molecule has 0 spiro atoms. The van der Waals surface area contributed by atoms with Gasteiger partial charge in [-0.1, -0.05) is 6.07 Å². The second-order valence-electron chi connectivity index (χ2n) is 3.91. The van der Waals surface area contributed by atoms with Crippen molar-refractivity contribution in [3.05, 3.63) is 44.3 Å². The molecule has 0 fully saturated rings. The fourth-order valence-corrected chi connectivity index (χ4v) is 2.82. The number of carbonyl (C=O) groups excluding carboxylic acids is 2. The average Bonchev–Trinajstić information content (AvgIpc) is 2.79. The van der Waals surface area contributed by atoms with Gasteiger partial charge < -0.3 is 10.1 Å². The Bertz CT molecular complexity index is 669. The minimum absolute atomic E-state index is 0.265. The van der Waals surface area contributed by atoms with Gasteiger partial charge in [-0.15, -0.1) is 11.3 Å². The number of carbonyl (C=O) groups is 2. The molecule has 7 heteroatoms. The van der Waals surface area contributed by atoms with Crippen molar-refractivity contribution in [2.75, 3.05) is 12.4 Å². The second kappa shape index (κ2) is 6.15. The molecule has 20 heavy (non-hydrogen) atoms. The summed E-state index contributed by atoms with van der Waals surface area (Å²) >= 11 is 4.44. The maximum Gasteiger partial charge on any atom is 0.350 e. The van der Waals surface area contributed by atoms with Gasteiger partial charge >= 0.3 is 5.97 Å². The van der Waals surface area contributed by atoms with Crippen LogP contribution in [0, 0.1) is 6.92 Å². The molecule has 2 heterocycles. The van der Waals surface area contributed by atoms with Crippen molar-refractivity contribution in [3.8, 4) is 0 Å². The van der Waals surface area contributed by atoms with Crippen molar-refractivity contribution in [2.24, 2.45) is 0 Å². The van der Waals surface area contributed by atoms with Crippen molar-refractivity contribution < 1.29 is 14.3 Å². The SMILES string of the molecule is COC(=O)c1scc(C)c1NC(=O)c1cccc(Br)n1. The molecule has 0 aliphatic carbocycles. The Morgan fingerprint density at radius 2 is 2.15 bits per heavy atom. The van der Waals surface area contributed by atoms with Crippen molar-refractivity contribution in [3.63, 3.8) is 0 Å². The highest BCUT2D eigenvalue weighted by atomic mass is 79.9. The largest absolute Gasteiger partial charge is 0.465 e. The van der Waals surface area contributed by atoms with E-state index in [0.717, 1.165) is 5.56 Å². The van der Waals surface area contributed by atoms with E-state index in [1.54, 1.807) is 23.6 Å². The molecule has 0 unspecified atom stereocenters. The number of aromatic nitrogens is 1. The summed E-state index contributed by atoms with van der Waals surface area (Å²) in [5.74, 6) is -0.849. The summed E-state index contributed by atoms with van der Waals surface area (Å²) in [6, 6.07) is 5.04. The van der Waals surface area contributed by atoms with Crippen molar-refractivity contribution in [1.29, 1.82) is 0 Å². The molecular weight excluding hydrogens is 344 g/mol. The molecule has 0 atom stereocenters. The molecule has 1 amide bonds. The number of hydrogen-bond donors (Lipinski definition) is 1. The fraction of sp³-hybridized carbons (Fsp3) is 0.154. The molecule has 104 valence electrons. The summed E-state index contributed by atoms with van der Waals surface area (Å²) in [4.78, 5) is 28.2. The van der Waals surface area contributed by atoms with Gasteiger partial charge in [0.05, 0.1) is 12.8 Å². The van der Waals surface area contributed by atoms with E-state index < -0.39 is 5.97 Å². The van der Waals surface area contributed by atoms with Crippen LogP contribution in [0.2, 0.25) is 0 Å². The Morgan fingerprint density at radius 3 is 2.80 bits per heavy atom. The zero-order valence-corrected chi connectivity index (χ0v) is 13.2. The molecule has 2 aromatic rings. The highest BCUT2D eigenvalue weighted by molar-refractivity contribution is 9.10. The van der Waals surface area contributed by atoms with Gasteiger partial charge in [-0.3, -0.25) is 4.79 Å². The first-order valence-corrected chi connectivity index (χ1v) is 7.30. The molecule has 0 saturated carbocycles. The molecule has 0 aliphatic heterocycles. The number of ether oxygens (including phenoxy) is 1. The Balaban J connectivity index is 2.28. The third-order valence-corrected chi connectivity index (χ3v) is 4.05. The molecule has 0 saturated heterocycles.